The van der Waals surface area contributed by atoms with Gasteiger partial charge in [-0.05, 0) is 29.8 Å². The summed E-state index contributed by atoms with van der Waals surface area (Å²) >= 11 is 1.62. The number of thioether (sulfide) groups is 1. The number of furan rings is 1. The molecule has 5 nitrogen and oxygen atoms in total. The van der Waals surface area contributed by atoms with Gasteiger partial charge in [0.05, 0.1) is 12.9 Å². The maximum Gasteiger partial charge on any atom is 0.292 e. The van der Waals surface area contributed by atoms with E-state index in [0.29, 0.717) is 11.6 Å². The van der Waals surface area contributed by atoms with E-state index in [2.05, 4.69) is 10.3 Å². The van der Waals surface area contributed by atoms with Crippen molar-refractivity contribution in [1.29, 1.82) is 0 Å². The Labute approximate surface area is 115 Å². The van der Waals surface area contributed by atoms with Crippen molar-refractivity contribution in [2.75, 3.05) is 17.7 Å². The van der Waals surface area contributed by atoms with Gasteiger partial charge in [-0.25, -0.2) is 4.98 Å². The topological polar surface area (TPSA) is 75.4 Å². The fourth-order valence-corrected chi connectivity index (χ4v) is 2.16. The smallest absolute Gasteiger partial charge is 0.292 e. The highest BCUT2D eigenvalue weighted by molar-refractivity contribution is 7.98. The fraction of sp³-hybridized carbons (Fsp3) is 0.231. The normalized spacial score (nSPS) is 10.4. The van der Waals surface area contributed by atoms with E-state index in [0.717, 1.165) is 11.3 Å². The van der Waals surface area contributed by atoms with Gasteiger partial charge in [0.15, 0.2) is 5.76 Å². The van der Waals surface area contributed by atoms with E-state index in [-0.39, 0.29) is 18.3 Å². The van der Waals surface area contributed by atoms with E-state index >= 15 is 0 Å². The van der Waals surface area contributed by atoms with Crippen LogP contribution in [0.5, 0.6) is 0 Å². The molecule has 0 aliphatic heterocycles. The molecule has 2 aromatic heterocycles. The molecule has 0 aromatic carbocycles. The molecule has 0 atom stereocenters. The lowest BCUT2D eigenvalue weighted by atomic mass is 10.3. The van der Waals surface area contributed by atoms with E-state index in [1.807, 2.05) is 12.1 Å². The summed E-state index contributed by atoms with van der Waals surface area (Å²) < 4.78 is 5.01. The molecule has 0 spiro atoms. The molecule has 100 valence electrons. The summed E-state index contributed by atoms with van der Waals surface area (Å²) in [5, 5.41) is 11.4. The number of carbonyl (C=O) groups is 1. The van der Waals surface area contributed by atoms with Crippen LogP contribution in [-0.2, 0) is 5.75 Å². The molecule has 0 aliphatic rings. The summed E-state index contributed by atoms with van der Waals surface area (Å²) in [5.41, 5.74) is 1.04. The summed E-state index contributed by atoms with van der Waals surface area (Å²) in [7, 11) is 0. The van der Waals surface area contributed by atoms with Crippen LogP contribution in [0.2, 0.25) is 0 Å². The molecule has 19 heavy (non-hydrogen) atoms. The number of pyridine rings is 1. The van der Waals surface area contributed by atoms with Crippen molar-refractivity contribution in [3.8, 4) is 0 Å². The van der Waals surface area contributed by atoms with Crippen LogP contribution in [0.25, 0.3) is 0 Å². The Bertz CT molecular complexity index is 528. The Kier molecular flexibility index (Phi) is 5.00. The minimum absolute atomic E-state index is 0.165. The fourth-order valence-electron chi connectivity index (χ4n) is 1.47. The Morgan fingerprint density at radius 1 is 1.47 bits per heavy atom. The average molecular weight is 278 g/mol. The summed E-state index contributed by atoms with van der Waals surface area (Å²) in [6.07, 6.45) is 3.09. The number of aromatic nitrogens is 1. The second-order valence-corrected chi connectivity index (χ2v) is 4.86. The van der Waals surface area contributed by atoms with E-state index in [1.54, 1.807) is 30.1 Å². The zero-order valence-electron chi connectivity index (χ0n) is 10.2. The number of hydrogen-bond donors (Lipinski definition) is 2. The number of rotatable bonds is 6. The van der Waals surface area contributed by atoms with Crippen molar-refractivity contribution in [2.45, 2.75) is 5.75 Å². The molecule has 1 amide bonds. The van der Waals surface area contributed by atoms with Crippen LogP contribution in [0.4, 0.5) is 5.82 Å². The Hall–Kier alpha value is -1.79. The molecule has 0 saturated heterocycles. The maximum absolute atomic E-state index is 11.8. The number of carbonyl (C=O) groups excluding carboxylic acids is 1. The molecule has 0 bridgehead atoms. The summed E-state index contributed by atoms with van der Waals surface area (Å²) in [6, 6.07) is 6.94. The average Bonchev–Trinajstić information content (AvgIpc) is 2.93. The number of amides is 1. The molecular weight excluding hydrogens is 264 g/mol. The van der Waals surface area contributed by atoms with Gasteiger partial charge in [0.2, 0.25) is 0 Å². The summed E-state index contributed by atoms with van der Waals surface area (Å²) in [4.78, 5) is 15.8. The van der Waals surface area contributed by atoms with Crippen LogP contribution < -0.4 is 5.32 Å². The van der Waals surface area contributed by atoms with E-state index < -0.39 is 0 Å². The van der Waals surface area contributed by atoms with Crippen LogP contribution in [0, 0.1) is 0 Å². The second-order valence-electron chi connectivity index (χ2n) is 3.76. The monoisotopic (exact) mass is 278 g/mol. The minimum atomic E-state index is -0.322. The van der Waals surface area contributed by atoms with Crippen LogP contribution in [0.15, 0.2) is 41.1 Å². The van der Waals surface area contributed by atoms with E-state index in [1.165, 1.54) is 6.26 Å². The third kappa shape index (κ3) is 4.11. The van der Waals surface area contributed by atoms with Gasteiger partial charge in [0.1, 0.15) is 5.82 Å². The molecule has 0 radical (unpaired) electrons. The van der Waals surface area contributed by atoms with E-state index in [9.17, 15) is 4.79 Å². The molecular formula is C13H14N2O3S. The van der Waals surface area contributed by atoms with Crippen LogP contribution in [-0.4, -0.2) is 28.4 Å². The van der Waals surface area contributed by atoms with Gasteiger partial charge in [-0.3, -0.25) is 4.79 Å². The first-order valence-electron chi connectivity index (χ1n) is 5.78. The zero-order valence-corrected chi connectivity index (χ0v) is 11.0. The lowest BCUT2D eigenvalue weighted by Crippen LogP contribution is -2.12. The van der Waals surface area contributed by atoms with Crippen molar-refractivity contribution in [1.82, 2.24) is 4.98 Å². The molecule has 6 heteroatoms. The molecule has 0 unspecified atom stereocenters. The standard InChI is InChI=1S/C13H14N2O3S/c16-5-7-19-9-10-3-4-14-12(8-10)15-13(17)11-2-1-6-18-11/h1-4,6,8,16H,5,7,9H2,(H,14,15,17). The Morgan fingerprint density at radius 3 is 3.11 bits per heavy atom. The SMILES string of the molecule is O=C(Nc1cc(CSCCO)ccn1)c1ccco1. The van der Waals surface area contributed by atoms with Gasteiger partial charge in [-0.1, -0.05) is 0 Å². The van der Waals surface area contributed by atoms with E-state index in [4.69, 9.17) is 9.52 Å². The molecule has 2 heterocycles. The molecule has 0 fully saturated rings. The van der Waals surface area contributed by atoms with Gasteiger partial charge in [-0.15, -0.1) is 0 Å². The second kappa shape index (κ2) is 6.96. The number of aliphatic hydroxyl groups is 1. The highest BCUT2D eigenvalue weighted by atomic mass is 32.2. The van der Waals surface area contributed by atoms with Crippen molar-refractivity contribution >= 4 is 23.5 Å². The number of hydrogen-bond acceptors (Lipinski definition) is 5. The third-order valence-electron chi connectivity index (χ3n) is 2.32. The minimum Gasteiger partial charge on any atom is -0.459 e. The predicted octanol–water partition coefficient (Wildman–Crippen LogP) is 2.15. The summed E-state index contributed by atoms with van der Waals surface area (Å²) in [6.45, 7) is 0.165. The van der Waals surface area contributed by atoms with Gasteiger partial charge in [-0.2, -0.15) is 11.8 Å². The zero-order chi connectivity index (χ0) is 13.5. The van der Waals surface area contributed by atoms with Crippen LogP contribution in [0.3, 0.4) is 0 Å². The van der Waals surface area contributed by atoms with Crippen LogP contribution in [0.1, 0.15) is 16.1 Å². The highest BCUT2D eigenvalue weighted by Crippen LogP contribution is 2.15. The van der Waals surface area contributed by atoms with Crippen LogP contribution >= 0.6 is 11.8 Å². The highest BCUT2D eigenvalue weighted by Gasteiger charge is 2.09. The van der Waals surface area contributed by atoms with Gasteiger partial charge in [0.25, 0.3) is 5.91 Å². The summed E-state index contributed by atoms with van der Waals surface area (Å²) in [5.74, 6) is 1.88. The number of anilines is 1. The van der Waals surface area contributed by atoms with Crippen molar-refractivity contribution < 1.29 is 14.3 Å². The lowest BCUT2D eigenvalue weighted by Gasteiger charge is -2.05. The first kappa shape index (κ1) is 13.6. The van der Waals surface area contributed by atoms with Gasteiger partial charge >= 0.3 is 0 Å². The third-order valence-corrected chi connectivity index (χ3v) is 3.32. The van der Waals surface area contributed by atoms with Crippen molar-refractivity contribution in [2.24, 2.45) is 0 Å². The quantitative estimate of drug-likeness (QED) is 0.792. The first-order chi connectivity index (χ1) is 9.29. The number of aliphatic hydroxyl groups excluding tert-OH is 1. The van der Waals surface area contributed by atoms with Gasteiger partial charge < -0.3 is 14.8 Å². The molecule has 2 aromatic rings. The number of nitrogens with zero attached hydrogens (tertiary/aromatic N) is 1. The predicted molar refractivity (Wildman–Crippen MR) is 74.1 cm³/mol. The molecule has 0 aliphatic carbocycles. The maximum atomic E-state index is 11.8. The van der Waals surface area contributed by atoms with Gasteiger partial charge in [0, 0.05) is 17.7 Å². The lowest BCUT2D eigenvalue weighted by molar-refractivity contribution is 0.0996. The Balaban J connectivity index is 1.97. The molecule has 2 N–H and O–H groups in total. The molecule has 0 saturated carbocycles. The number of nitrogens with one attached hydrogen (secondary N) is 1. The van der Waals surface area contributed by atoms with Crippen molar-refractivity contribution in [3.63, 3.8) is 0 Å². The van der Waals surface area contributed by atoms with Crippen molar-refractivity contribution in [3.05, 3.63) is 48.0 Å². The largest absolute Gasteiger partial charge is 0.459 e. The first-order valence-corrected chi connectivity index (χ1v) is 6.93. The molecule has 2 rings (SSSR count). The Morgan fingerprint density at radius 2 is 2.37 bits per heavy atom.